The summed E-state index contributed by atoms with van der Waals surface area (Å²) in [6, 6.07) is 9.40. The van der Waals surface area contributed by atoms with Gasteiger partial charge in [0.05, 0.1) is 25.3 Å². The SMILES string of the molecule is COCC12CN(C(=O)OCc3ccccc3)CC(=O)N1CC1(CCN(C(C)=O)CC1)O2. The smallest absolute Gasteiger partial charge is 0.410 e. The van der Waals surface area contributed by atoms with Crippen LogP contribution >= 0.6 is 0 Å². The summed E-state index contributed by atoms with van der Waals surface area (Å²) in [6.45, 7) is 3.58. The molecule has 1 spiro atoms. The second-order valence-corrected chi connectivity index (χ2v) is 8.55. The number of piperidine rings is 1. The molecule has 3 fully saturated rings. The molecule has 4 rings (SSSR count). The van der Waals surface area contributed by atoms with Crippen LogP contribution in [0.2, 0.25) is 0 Å². The van der Waals surface area contributed by atoms with Crippen molar-refractivity contribution in [2.24, 2.45) is 0 Å². The highest BCUT2D eigenvalue weighted by Gasteiger charge is 2.60. The molecule has 1 unspecified atom stereocenters. The molecule has 9 nitrogen and oxygen atoms in total. The summed E-state index contributed by atoms with van der Waals surface area (Å²) < 4.78 is 17.4. The van der Waals surface area contributed by atoms with Gasteiger partial charge in [0.1, 0.15) is 13.2 Å². The Hall–Kier alpha value is -2.65. The number of fused-ring (bicyclic) bond motifs is 1. The Bertz CT molecular complexity index is 839. The summed E-state index contributed by atoms with van der Waals surface area (Å²) in [5.41, 5.74) is -0.709. The highest BCUT2D eigenvalue weighted by Crippen LogP contribution is 2.43. The third kappa shape index (κ3) is 4.24. The third-order valence-electron chi connectivity index (χ3n) is 6.36. The number of nitrogens with zero attached hydrogens (tertiary/aromatic N) is 3. The molecule has 0 aliphatic carbocycles. The first-order chi connectivity index (χ1) is 14.9. The van der Waals surface area contributed by atoms with Crippen LogP contribution in [-0.4, -0.2) is 90.4 Å². The normalized spacial score (nSPS) is 25.0. The Balaban J connectivity index is 1.47. The van der Waals surface area contributed by atoms with E-state index in [1.807, 2.05) is 30.3 Å². The molecular formula is C22H29N3O6. The van der Waals surface area contributed by atoms with Crippen LogP contribution < -0.4 is 0 Å². The monoisotopic (exact) mass is 431 g/mol. The Morgan fingerprint density at radius 1 is 1.10 bits per heavy atom. The lowest BCUT2D eigenvalue weighted by molar-refractivity contribution is -0.201. The maximum Gasteiger partial charge on any atom is 0.410 e. The van der Waals surface area contributed by atoms with E-state index in [2.05, 4.69) is 0 Å². The summed E-state index contributed by atoms with van der Waals surface area (Å²) in [6.07, 6.45) is 0.726. The van der Waals surface area contributed by atoms with E-state index < -0.39 is 17.4 Å². The van der Waals surface area contributed by atoms with E-state index in [1.54, 1.807) is 23.8 Å². The molecule has 168 valence electrons. The molecule has 0 N–H and O–H groups in total. The van der Waals surface area contributed by atoms with Crippen LogP contribution in [-0.2, 0) is 30.4 Å². The molecule has 3 saturated heterocycles. The van der Waals surface area contributed by atoms with E-state index in [0.29, 0.717) is 32.5 Å². The first-order valence-electron chi connectivity index (χ1n) is 10.6. The molecule has 3 amide bonds. The summed E-state index contributed by atoms with van der Waals surface area (Å²) in [4.78, 5) is 42.3. The van der Waals surface area contributed by atoms with E-state index in [0.717, 1.165) is 5.56 Å². The van der Waals surface area contributed by atoms with Crippen LogP contribution in [0.15, 0.2) is 30.3 Å². The van der Waals surface area contributed by atoms with E-state index >= 15 is 0 Å². The van der Waals surface area contributed by atoms with Crippen LogP contribution in [0.25, 0.3) is 0 Å². The van der Waals surface area contributed by atoms with Crippen molar-refractivity contribution in [2.45, 2.75) is 37.7 Å². The van der Waals surface area contributed by atoms with E-state index in [4.69, 9.17) is 14.2 Å². The Morgan fingerprint density at radius 2 is 1.81 bits per heavy atom. The van der Waals surface area contributed by atoms with Crippen molar-refractivity contribution in [1.29, 1.82) is 0 Å². The van der Waals surface area contributed by atoms with Crippen molar-refractivity contribution in [1.82, 2.24) is 14.7 Å². The van der Waals surface area contributed by atoms with Crippen LogP contribution in [0.3, 0.4) is 0 Å². The fourth-order valence-electron chi connectivity index (χ4n) is 4.77. The number of methoxy groups -OCH3 is 1. The Kier molecular flexibility index (Phi) is 5.90. The fraction of sp³-hybridized carbons (Fsp3) is 0.591. The Morgan fingerprint density at radius 3 is 2.45 bits per heavy atom. The van der Waals surface area contributed by atoms with E-state index in [-0.39, 0.29) is 38.1 Å². The molecular weight excluding hydrogens is 402 g/mol. The van der Waals surface area contributed by atoms with Gasteiger partial charge in [0.2, 0.25) is 11.8 Å². The van der Waals surface area contributed by atoms with Crippen molar-refractivity contribution in [3.05, 3.63) is 35.9 Å². The number of rotatable bonds is 4. The van der Waals surface area contributed by atoms with Gasteiger partial charge in [-0.15, -0.1) is 0 Å². The minimum absolute atomic E-state index is 0.0422. The number of amides is 3. The van der Waals surface area contributed by atoms with Gasteiger partial charge in [-0.25, -0.2) is 4.79 Å². The third-order valence-corrected chi connectivity index (χ3v) is 6.36. The zero-order valence-electron chi connectivity index (χ0n) is 18.0. The van der Waals surface area contributed by atoms with Crippen molar-refractivity contribution in [3.63, 3.8) is 0 Å². The lowest BCUT2D eigenvalue weighted by atomic mass is 9.91. The van der Waals surface area contributed by atoms with Crippen molar-refractivity contribution in [3.8, 4) is 0 Å². The lowest BCUT2D eigenvalue weighted by Crippen LogP contribution is -2.65. The van der Waals surface area contributed by atoms with Crippen molar-refractivity contribution < 1.29 is 28.6 Å². The van der Waals surface area contributed by atoms with Gasteiger partial charge >= 0.3 is 6.09 Å². The number of ether oxygens (including phenoxy) is 3. The second-order valence-electron chi connectivity index (χ2n) is 8.55. The van der Waals surface area contributed by atoms with Crippen LogP contribution in [0.4, 0.5) is 4.79 Å². The minimum atomic E-state index is -1.05. The van der Waals surface area contributed by atoms with Gasteiger partial charge in [-0.05, 0) is 18.4 Å². The average Bonchev–Trinajstić information content (AvgIpc) is 3.07. The maximum atomic E-state index is 13.0. The molecule has 31 heavy (non-hydrogen) atoms. The van der Waals surface area contributed by atoms with Gasteiger partial charge < -0.3 is 24.0 Å². The minimum Gasteiger partial charge on any atom is -0.445 e. The number of carbonyl (C=O) groups is 3. The highest BCUT2D eigenvalue weighted by molar-refractivity contribution is 5.85. The molecule has 1 atom stereocenters. The largest absolute Gasteiger partial charge is 0.445 e. The van der Waals surface area contributed by atoms with E-state index in [9.17, 15) is 14.4 Å². The van der Waals surface area contributed by atoms with Crippen molar-refractivity contribution in [2.75, 3.05) is 46.4 Å². The molecule has 0 radical (unpaired) electrons. The predicted molar refractivity (Wildman–Crippen MR) is 110 cm³/mol. The predicted octanol–water partition coefficient (Wildman–Crippen LogP) is 1.22. The van der Waals surface area contributed by atoms with Gasteiger partial charge in [0.25, 0.3) is 0 Å². The number of benzene rings is 1. The lowest BCUT2D eigenvalue weighted by Gasteiger charge is -2.44. The van der Waals surface area contributed by atoms with Crippen molar-refractivity contribution >= 4 is 17.9 Å². The van der Waals surface area contributed by atoms with Gasteiger partial charge in [-0.3, -0.25) is 14.5 Å². The quantitative estimate of drug-likeness (QED) is 0.712. The van der Waals surface area contributed by atoms with Gasteiger partial charge in [0, 0.05) is 27.1 Å². The topological polar surface area (TPSA) is 88.6 Å². The summed E-state index contributed by atoms with van der Waals surface area (Å²) >= 11 is 0. The molecule has 1 aromatic carbocycles. The standard InChI is InChI=1S/C22H29N3O6/c1-17(26)23-10-8-21(9-11-23)14-25-19(27)12-24(15-22(25,31-21)16-29-2)20(28)30-13-18-6-4-3-5-7-18/h3-7H,8-16H2,1-2H3. The number of piperazine rings is 1. The first-order valence-corrected chi connectivity index (χ1v) is 10.6. The summed E-state index contributed by atoms with van der Waals surface area (Å²) in [7, 11) is 1.55. The van der Waals surface area contributed by atoms with E-state index in [1.165, 1.54) is 4.90 Å². The number of carbonyl (C=O) groups excluding carboxylic acids is 3. The molecule has 0 saturated carbocycles. The van der Waals surface area contributed by atoms with Crippen LogP contribution in [0, 0.1) is 0 Å². The van der Waals surface area contributed by atoms with Gasteiger partial charge in [0.15, 0.2) is 5.72 Å². The molecule has 3 aliphatic rings. The molecule has 9 heteroatoms. The zero-order chi connectivity index (χ0) is 22.1. The van der Waals surface area contributed by atoms with Gasteiger partial charge in [-0.2, -0.15) is 0 Å². The first kappa shape index (κ1) is 21.6. The number of likely N-dealkylation sites (tertiary alicyclic amines) is 1. The maximum absolute atomic E-state index is 13.0. The summed E-state index contributed by atoms with van der Waals surface area (Å²) in [5, 5.41) is 0. The Labute approximate surface area is 181 Å². The molecule has 0 aromatic heterocycles. The van der Waals surface area contributed by atoms with Gasteiger partial charge in [-0.1, -0.05) is 30.3 Å². The summed E-state index contributed by atoms with van der Waals surface area (Å²) in [5.74, 6) is -0.147. The number of hydrogen-bond acceptors (Lipinski definition) is 6. The average molecular weight is 431 g/mol. The molecule has 3 heterocycles. The second kappa shape index (κ2) is 8.47. The number of hydrogen-bond donors (Lipinski definition) is 0. The zero-order valence-corrected chi connectivity index (χ0v) is 18.0. The fourth-order valence-corrected chi connectivity index (χ4v) is 4.77. The molecule has 1 aromatic rings. The van der Waals surface area contributed by atoms with Crippen LogP contribution in [0.1, 0.15) is 25.3 Å². The molecule has 0 bridgehead atoms. The highest BCUT2D eigenvalue weighted by atomic mass is 16.6. The molecule has 3 aliphatic heterocycles. The van der Waals surface area contributed by atoms with Crippen LogP contribution in [0.5, 0.6) is 0 Å².